The Morgan fingerprint density at radius 1 is 1.36 bits per heavy atom. The Morgan fingerprint density at radius 3 is 3.00 bits per heavy atom. The third-order valence-corrected chi connectivity index (χ3v) is 2.17. The molecule has 0 bridgehead atoms. The van der Waals surface area contributed by atoms with Gasteiger partial charge in [0.1, 0.15) is 5.82 Å². The SMILES string of the molecule is OCCc1ncc2ccc(Cl)cc2n1. The van der Waals surface area contributed by atoms with Gasteiger partial charge in [-0.2, -0.15) is 0 Å². The normalized spacial score (nSPS) is 10.7. The number of fused-ring (bicyclic) bond motifs is 1. The lowest BCUT2D eigenvalue weighted by Gasteiger charge is -2.00. The Labute approximate surface area is 86.4 Å². The van der Waals surface area contributed by atoms with E-state index in [1.165, 1.54) is 0 Å². The zero-order valence-corrected chi connectivity index (χ0v) is 8.20. The molecule has 14 heavy (non-hydrogen) atoms. The molecule has 1 heterocycles. The predicted octanol–water partition coefficient (Wildman–Crippen LogP) is 1.82. The number of hydrogen-bond donors (Lipinski definition) is 1. The molecule has 0 aliphatic heterocycles. The molecule has 0 saturated heterocycles. The molecule has 1 aromatic carbocycles. The van der Waals surface area contributed by atoms with Gasteiger partial charge in [-0.15, -0.1) is 0 Å². The number of aliphatic hydroxyl groups is 1. The molecule has 0 radical (unpaired) electrons. The summed E-state index contributed by atoms with van der Waals surface area (Å²) in [7, 11) is 0. The van der Waals surface area contributed by atoms with Gasteiger partial charge in [-0.1, -0.05) is 11.6 Å². The fourth-order valence-corrected chi connectivity index (χ4v) is 1.42. The molecule has 0 spiro atoms. The second-order valence-electron chi connectivity index (χ2n) is 2.96. The summed E-state index contributed by atoms with van der Waals surface area (Å²) in [5.74, 6) is 0.641. The first kappa shape index (κ1) is 9.37. The average Bonchev–Trinajstić information content (AvgIpc) is 2.17. The highest BCUT2D eigenvalue weighted by molar-refractivity contribution is 6.31. The van der Waals surface area contributed by atoms with Crippen molar-refractivity contribution in [3.05, 3.63) is 35.2 Å². The first-order valence-electron chi connectivity index (χ1n) is 4.31. The average molecular weight is 209 g/mol. The lowest BCUT2D eigenvalue weighted by Crippen LogP contribution is -1.98. The lowest BCUT2D eigenvalue weighted by atomic mass is 10.2. The molecule has 1 N–H and O–H groups in total. The predicted molar refractivity (Wildman–Crippen MR) is 55.3 cm³/mol. The zero-order chi connectivity index (χ0) is 9.97. The van der Waals surface area contributed by atoms with E-state index in [1.54, 1.807) is 18.3 Å². The van der Waals surface area contributed by atoms with Crippen molar-refractivity contribution in [1.82, 2.24) is 9.97 Å². The van der Waals surface area contributed by atoms with Gasteiger partial charge in [-0.05, 0) is 18.2 Å². The van der Waals surface area contributed by atoms with Crippen molar-refractivity contribution in [2.24, 2.45) is 0 Å². The van der Waals surface area contributed by atoms with Crippen molar-refractivity contribution >= 4 is 22.5 Å². The lowest BCUT2D eigenvalue weighted by molar-refractivity contribution is 0.297. The van der Waals surface area contributed by atoms with Crippen LogP contribution in [-0.4, -0.2) is 21.7 Å². The molecule has 0 saturated carbocycles. The molecular formula is C10H9ClN2O. The van der Waals surface area contributed by atoms with Crippen LogP contribution in [0.5, 0.6) is 0 Å². The monoisotopic (exact) mass is 208 g/mol. The highest BCUT2D eigenvalue weighted by Crippen LogP contribution is 2.16. The van der Waals surface area contributed by atoms with E-state index in [1.807, 2.05) is 6.07 Å². The van der Waals surface area contributed by atoms with E-state index >= 15 is 0 Å². The van der Waals surface area contributed by atoms with Crippen LogP contribution in [0.25, 0.3) is 10.9 Å². The molecule has 3 nitrogen and oxygen atoms in total. The highest BCUT2D eigenvalue weighted by Gasteiger charge is 1.99. The summed E-state index contributed by atoms with van der Waals surface area (Å²) in [6.45, 7) is 0.0616. The van der Waals surface area contributed by atoms with Crippen LogP contribution in [0, 0.1) is 0 Å². The van der Waals surface area contributed by atoms with Crippen molar-refractivity contribution in [2.75, 3.05) is 6.61 Å². The second kappa shape index (κ2) is 3.90. The van der Waals surface area contributed by atoms with Gasteiger partial charge in [0.15, 0.2) is 0 Å². The van der Waals surface area contributed by atoms with Gasteiger partial charge in [-0.3, -0.25) is 0 Å². The molecule has 4 heteroatoms. The molecule has 1 aromatic heterocycles. The topological polar surface area (TPSA) is 46.0 Å². The van der Waals surface area contributed by atoms with Crippen molar-refractivity contribution in [3.63, 3.8) is 0 Å². The minimum Gasteiger partial charge on any atom is -0.396 e. The summed E-state index contributed by atoms with van der Waals surface area (Å²) < 4.78 is 0. The molecule has 0 aliphatic carbocycles. The number of aliphatic hydroxyl groups excluding tert-OH is 1. The summed E-state index contributed by atoms with van der Waals surface area (Å²) >= 11 is 5.84. The van der Waals surface area contributed by atoms with Gasteiger partial charge in [-0.25, -0.2) is 9.97 Å². The van der Waals surface area contributed by atoms with Crippen LogP contribution in [0.1, 0.15) is 5.82 Å². The van der Waals surface area contributed by atoms with E-state index in [9.17, 15) is 0 Å². The smallest absolute Gasteiger partial charge is 0.131 e. The van der Waals surface area contributed by atoms with Gasteiger partial charge < -0.3 is 5.11 Å². The Hall–Kier alpha value is -1.19. The second-order valence-corrected chi connectivity index (χ2v) is 3.40. The fourth-order valence-electron chi connectivity index (χ4n) is 1.26. The van der Waals surface area contributed by atoms with E-state index < -0.39 is 0 Å². The Morgan fingerprint density at radius 2 is 2.21 bits per heavy atom. The van der Waals surface area contributed by atoms with Gasteiger partial charge >= 0.3 is 0 Å². The Bertz CT molecular complexity index is 459. The van der Waals surface area contributed by atoms with E-state index in [2.05, 4.69) is 9.97 Å². The number of halogens is 1. The molecule has 0 amide bonds. The van der Waals surface area contributed by atoms with E-state index in [-0.39, 0.29) is 6.61 Å². The van der Waals surface area contributed by atoms with Crippen LogP contribution >= 0.6 is 11.6 Å². The van der Waals surface area contributed by atoms with Crippen molar-refractivity contribution in [3.8, 4) is 0 Å². The van der Waals surface area contributed by atoms with Gasteiger partial charge in [0.2, 0.25) is 0 Å². The number of rotatable bonds is 2. The standard InChI is InChI=1S/C10H9ClN2O/c11-8-2-1-7-6-12-10(3-4-14)13-9(7)5-8/h1-2,5-6,14H,3-4H2. The van der Waals surface area contributed by atoms with Gasteiger partial charge in [0.25, 0.3) is 0 Å². The zero-order valence-electron chi connectivity index (χ0n) is 7.44. The van der Waals surface area contributed by atoms with Crippen LogP contribution < -0.4 is 0 Å². The minimum atomic E-state index is 0.0616. The van der Waals surface area contributed by atoms with Crippen molar-refractivity contribution in [2.45, 2.75) is 6.42 Å². The molecule has 72 valence electrons. The van der Waals surface area contributed by atoms with Crippen LogP contribution in [0.15, 0.2) is 24.4 Å². The number of hydrogen-bond acceptors (Lipinski definition) is 3. The highest BCUT2D eigenvalue weighted by atomic mass is 35.5. The first-order chi connectivity index (χ1) is 6.79. The Kier molecular flexibility index (Phi) is 2.61. The summed E-state index contributed by atoms with van der Waals surface area (Å²) in [4.78, 5) is 8.38. The third-order valence-electron chi connectivity index (χ3n) is 1.93. The van der Waals surface area contributed by atoms with Crippen LogP contribution in [-0.2, 0) is 6.42 Å². The van der Waals surface area contributed by atoms with E-state index in [0.717, 1.165) is 10.9 Å². The summed E-state index contributed by atoms with van der Waals surface area (Å²) in [6, 6.07) is 5.47. The molecule has 2 rings (SSSR count). The quantitative estimate of drug-likeness (QED) is 0.819. The van der Waals surface area contributed by atoms with Crippen LogP contribution in [0.3, 0.4) is 0 Å². The molecule has 0 atom stereocenters. The maximum Gasteiger partial charge on any atom is 0.131 e. The van der Waals surface area contributed by atoms with Crippen molar-refractivity contribution in [1.29, 1.82) is 0 Å². The largest absolute Gasteiger partial charge is 0.396 e. The maximum absolute atomic E-state index is 8.74. The summed E-state index contributed by atoms with van der Waals surface area (Å²) in [5.41, 5.74) is 0.816. The molecule has 2 aromatic rings. The van der Waals surface area contributed by atoms with Crippen LogP contribution in [0.2, 0.25) is 5.02 Å². The van der Waals surface area contributed by atoms with Gasteiger partial charge in [0, 0.05) is 23.0 Å². The fraction of sp³-hybridized carbons (Fsp3) is 0.200. The third kappa shape index (κ3) is 1.84. The first-order valence-corrected chi connectivity index (χ1v) is 4.69. The summed E-state index contributed by atoms with van der Waals surface area (Å²) in [6.07, 6.45) is 2.21. The van der Waals surface area contributed by atoms with Gasteiger partial charge in [0.05, 0.1) is 12.1 Å². The van der Waals surface area contributed by atoms with E-state index in [0.29, 0.717) is 17.3 Å². The maximum atomic E-state index is 8.74. The molecule has 0 unspecified atom stereocenters. The van der Waals surface area contributed by atoms with E-state index in [4.69, 9.17) is 16.7 Å². The summed E-state index contributed by atoms with van der Waals surface area (Å²) in [5, 5.41) is 10.4. The minimum absolute atomic E-state index is 0.0616. The number of benzene rings is 1. The molecule has 0 aliphatic rings. The number of nitrogens with zero attached hydrogens (tertiary/aromatic N) is 2. The molecular weight excluding hydrogens is 200 g/mol. The molecule has 0 fully saturated rings. The van der Waals surface area contributed by atoms with Crippen molar-refractivity contribution < 1.29 is 5.11 Å². The Balaban J connectivity index is 2.52. The van der Waals surface area contributed by atoms with Crippen LogP contribution in [0.4, 0.5) is 0 Å². The number of aromatic nitrogens is 2.